The molecule has 1 aromatic rings. The summed E-state index contributed by atoms with van der Waals surface area (Å²) in [5, 5.41) is 6.14. The van der Waals surface area contributed by atoms with Gasteiger partial charge in [0, 0.05) is 23.0 Å². The van der Waals surface area contributed by atoms with Gasteiger partial charge < -0.3 is 10.6 Å². The molecule has 1 amide bonds. The van der Waals surface area contributed by atoms with Crippen molar-refractivity contribution in [1.82, 2.24) is 10.6 Å². The van der Waals surface area contributed by atoms with Crippen LogP contribution in [-0.2, 0) is 0 Å². The van der Waals surface area contributed by atoms with Crippen molar-refractivity contribution < 1.29 is 13.6 Å². The summed E-state index contributed by atoms with van der Waals surface area (Å²) in [5.41, 5.74) is 0.497. The smallest absolute Gasteiger partial charge is 0.288 e. The largest absolute Gasteiger partial charge is 0.350 e. The molecule has 1 aromatic carbocycles. The monoisotopic (exact) mass is 322 g/mol. The van der Waals surface area contributed by atoms with Crippen molar-refractivity contribution in [3.63, 3.8) is 0 Å². The van der Waals surface area contributed by atoms with Crippen molar-refractivity contribution in [2.24, 2.45) is 0 Å². The SMILES string of the molecule is Cl.O=C(NCC1CCCN1)c1ccc(SC(F)F)cc1. The second kappa shape index (κ2) is 8.44. The molecule has 1 aliphatic rings. The van der Waals surface area contributed by atoms with Crippen molar-refractivity contribution in [2.45, 2.75) is 29.5 Å². The molecular formula is C13H17ClF2N2OS. The first-order chi connectivity index (χ1) is 9.15. The molecule has 1 atom stereocenters. The highest BCUT2D eigenvalue weighted by molar-refractivity contribution is 7.99. The van der Waals surface area contributed by atoms with E-state index in [1.165, 1.54) is 0 Å². The van der Waals surface area contributed by atoms with E-state index in [9.17, 15) is 13.6 Å². The van der Waals surface area contributed by atoms with Gasteiger partial charge >= 0.3 is 0 Å². The van der Waals surface area contributed by atoms with Gasteiger partial charge in [-0.25, -0.2) is 0 Å². The fourth-order valence-electron chi connectivity index (χ4n) is 2.04. The first-order valence-corrected chi connectivity index (χ1v) is 7.09. The number of alkyl halides is 2. The summed E-state index contributed by atoms with van der Waals surface area (Å²) in [7, 11) is 0. The number of amides is 1. The summed E-state index contributed by atoms with van der Waals surface area (Å²) in [6, 6.07) is 6.57. The summed E-state index contributed by atoms with van der Waals surface area (Å²) in [4.78, 5) is 12.3. The highest BCUT2D eigenvalue weighted by Crippen LogP contribution is 2.25. The normalized spacial score (nSPS) is 17.9. The Bertz CT molecular complexity index is 425. The molecule has 0 saturated carbocycles. The van der Waals surface area contributed by atoms with E-state index in [0.29, 0.717) is 34.8 Å². The molecule has 0 radical (unpaired) electrons. The van der Waals surface area contributed by atoms with Gasteiger partial charge in [0.15, 0.2) is 0 Å². The number of hydrogen-bond acceptors (Lipinski definition) is 3. The van der Waals surface area contributed by atoms with Crippen LogP contribution in [0.3, 0.4) is 0 Å². The van der Waals surface area contributed by atoms with Crippen LogP contribution in [0.15, 0.2) is 29.2 Å². The number of thioether (sulfide) groups is 1. The van der Waals surface area contributed by atoms with Crippen molar-refractivity contribution >= 4 is 30.1 Å². The first-order valence-electron chi connectivity index (χ1n) is 6.21. The third-order valence-corrected chi connectivity index (χ3v) is 3.74. The summed E-state index contributed by atoms with van der Waals surface area (Å²) >= 11 is 0.478. The number of carbonyl (C=O) groups is 1. The van der Waals surface area contributed by atoms with E-state index in [0.717, 1.165) is 19.4 Å². The minimum atomic E-state index is -2.44. The molecule has 0 bridgehead atoms. The second-order valence-electron chi connectivity index (χ2n) is 4.41. The van der Waals surface area contributed by atoms with E-state index in [2.05, 4.69) is 10.6 Å². The van der Waals surface area contributed by atoms with Crippen molar-refractivity contribution in [3.05, 3.63) is 29.8 Å². The van der Waals surface area contributed by atoms with Gasteiger partial charge in [-0.05, 0) is 43.7 Å². The van der Waals surface area contributed by atoms with Gasteiger partial charge in [0.25, 0.3) is 11.7 Å². The van der Waals surface area contributed by atoms with Gasteiger partial charge in [0.2, 0.25) is 0 Å². The Balaban J connectivity index is 0.00000200. The van der Waals surface area contributed by atoms with Crippen LogP contribution < -0.4 is 10.6 Å². The molecule has 1 saturated heterocycles. The molecular weight excluding hydrogens is 306 g/mol. The third kappa shape index (κ3) is 5.26. The highest BCUT2D eigenvalue weighted by Gasteiger charge is 2.15. The Hall–Kier alpha value is -0.850. The zero-order valence-electron chi connectivity index (χ0n) is 10.8. The van der Waals surface area contributed by atoms with Crippen LogP contribution in [-0.4, -0.2) is 30.8 Å². The van der Waals surface area contributed by atoms with Gasteiger partial charge in [-0.1, -0.05) is 11.8 Å². The average Bonchev–Trinajstić information content (AvgIpc) is 2.89. The third-order valence-electron chi connectivity index (χ3n) is 3.01. The Morgan fingerprint density at radius 2 is 2.10 bits per heavy atom. The van der Waals surface area contributed by atoms with E-state index in [1.54, 1.807) is 24.3 Å². The molecule has 1 fully saturated rings. The number of rotatable bonds is 5. The van der Waals surface area contributed by atoms with Gasteiger partial charge in [-0.3, -0.25) is 4.79 Å². The maximum absolute atomic E-state index is 12.1. The Morgan fingerprint density at radius 3 is 2.65 bits per heavy atom. The number of carbonyl (C=O) groups excluding carboxylic acids is 1. The van der Waals surface area contributed by atoms with Crippen molar-refractivity contribution in [2.75, 3.05) is 13.1 Å². The van der Waals surface area contributed by atoms with Crippen LogP contribution >= 0.6 is 24.2 Å². The lowest BCUT2D eigenvalue weighted by atomic mass is 10.2. The molecule has 2 rings (SSSR count). The summed E-state index contributed by atoms with van der Waals surface area (Å²) in [6.07, 6.45) is 2.21. The molecule has 0 aromatic heterocycles. The molecule has 20 heavy (non-hydrogen) atoms. The van der Waals surface area contributed by atoms with Crippen molar-refractivity contribution in [1.29, 1.82) is 0 Å². The molecule has 7 heteroatoms. The van der Waals surface area contributed by atoms with E-state index in [-0.39, 0.29) is 18.3 Å². The van der Waals surface area contributed by atoms with Crippen molar-refractivity contribution in [3.8, 4) is 0 Å². The molecule has 1 aliphatic heterocycles. The van der Waals surface area contributed by atoms with E-state index in [1.807, 2.05) is 0 Å². The van der Waals surface area contributed by atoms with Gasteiger partial charge in [-0.15, -0.1) is 12.4 Å². The first kappa shape index (κ1) is 17.2. The van der Waals surface area contributed by atoms with Gasteiger partial charge in [-0.2, -0.15) is 8.78 Å². The van der Waals surface area contributed by atoms with Crippen LogP contribution in [0.2, 0.25) is 0 Å². The highest BCUT2D eigenvalue weighted by atomic mass is 35.5. The van der Waals surface area contributed by atoms with Gasteiger partial charge in [0.05, 0.1) is 0 Å². The molecule has 3 nitrogen and oxygen atoms in total. The predicted molar refractivity (Wildman–Crippen MR) is 78.9 cm³/mol. The maximum atomic E-state index is 12.1. The van der Waals surface area contributed by atoms with Gasteiger partial charge in [0.1, 0.15) is 0 Å². The topological polar surface area (TPSA) is 41.1 Å². The molecule has 112 valence electrons. The minimum Gasteiger partial charge on any atom is -0.350 e. The van der Waals surface area contributed by atoms with Crippen LogP contribution in [0.5, 0.6) is 0 Å². The Morgan fingerprint density at radius 1 is 1.40 bits per heavy atom. The lowest BCUT2D eigenvalue weighted by molar-refractivity contribution is 0.0950. The second-order valence-corrected chi connectivity index (χ2v) is 5.47. The van der Waals surface area contributed by atoms with E-state index >= 15 is 0 Å². The number of nitrogens with one attached hydrogen (secondary N) is 2. The molecule has 0 aliphatic carbocycles. The Labute approximate surface area is 127 Å². The number of hydrogen-bond donors (Lipinski definition) is 2. The predicted octanol–water partition coefficient (Wildman–Crippen LogP) is 2.90. The molecule has 2 N–H and O–H groups in total. The zero-order chi connectivity index (χ0) is 13.7. The van der Waals surface area contributed by atoms with E-state index in [4.69, 9.17) is 0 Å². The summed E-state index contributed by atoms with van der Waals surface area (Å²) in [5.74, 6) is -2.60. The van der Waals surface area contributed by atoms with E-state index < -0.39 is 5.76 Å². The standard InChI is InChI=1S/C13H16F2N2OS.ClH/c14-13(15)19-11-5-3-9(4-6-11)12(18)17-8-10-2-1-7-16-10;/h3-6,10,13,16H,1-2,7-8H2,(H,17,18);1H. The van der Waals surface area contributed by atoms with Crippen LogP contribution in [0.25, 0.3) is 0 Å². The molecule has 1 heterocycles. The zero-order valence-corrected chi connectivity index (χ0v) is 12.4. The summed E-state index contributed by atoms with van der Waals surface area (Å²) < 4.78 is 24.3. The lowest BCUT2D eigenvalue weighted by Gasteiger charge is -2.11. The fourth-order valence-corrected chi connectivity index (χ4v) is 2.54. The number of benzene rings is 1. The minimum absolute atomic E-state index is 0. The number of halogens is 3. The molecule has 0 spiro atoms. The fraction of sp³-hybridized carbons (Fsp3) is 0.462. The lowest BCUT2D eigenvalue weighted by Crippen LogP contribution is -2.37. The molecule has 1 unspecified atom stereocenters. The summed E-state index contributed by atoms with van der Waals surface area (Å²) in [6.45, 7) is 1.60. The van der Waals surface area contributed by atoms with Crippen LogP contribution in [0.4, 0.5) is 8.78 Å². The van der Waals surface area contributed by atoms with Crippen LogP contribution in [0, 0.1) is 0 Å². The quantitative estimate of drug-likeness (QED) is 0.819. The average molecular weight is 323 g/mol. The maximum Gasteiger partial charge on any atom is 0.288 e. The van der Waals surface area contributed by atoms with Crippen LogP contribution in [0.1, 0.15) is 23.2 Å². The Kier molecular flexibility index (Phi) is 7.26.